The molecule has 9 heterocycles. The Morgan fingerprint density at radius 2 is 1.39 bits per heavy atom. The Morgan fingerprint density at radius 3 is 2.08 bits per heavy atom. The molecule has 5 aliphatic heterocycles. The normalized spacial score (nSPS) is 21.1. The summed E-state index contributed by atoms with van der Waals surface area (Å²) in [5.41, 5.74) is 6.15. The fourth-order valence-electron chi connectivity index (χ4n) is 10.4. The number of aromatic nitrogens is 4. The van der Waals surface area contributed by atoms with Gasteiger partial charge in [-0.15, -0.1) is 0 Å². The van der Waals surface area contributed by atoms with Crippen molar-refractivity contribution in [1.82, 2.24) is 24.0 Å². The van der Waals surface area contributed by atoms with Gasteiger partial charge in [0.2, 0.25) is 0 Å². The summed E-state index contributed by atoms with van der Waals surface area (Å²) in [6, 6.07) is 11.5. The molecule has 11 rings (SSSR count). The van der Waals surface area contributed by atoms with Crippen LogP contribution in [-0.4, -0.2) is 53.3 Å². The van der Waals surface area contributed by atoms with Crippen LogP contribution in [0.15, 0.2) is 64.4 Å². The van der Waals surface area contributed by atoms with Gasteiger partial charge in [-0.25, -0.2) is 18.7 Å². The number of fused-ring (bicyclic) bond motifs is 10. The molecule has 15 heteroatoms. The smallest absolute Gasteiger partial charge is 0.309 e. The van der Waals surface area contributed by atoms with Crippen molar-refractivity contribution in [2.45, 2.75) is 110 Å². The third kappa shape index (κ3) is 7.24. The second-order valence-corrected chi connectivity index (χ2v) is 19.1. The van der Waals surface area contributed by atoms with Crippen molar-refractivity contribution in [3.05, 3.63) is 137 Å². The minimum atomic E-state index is -1.52. The van der Waals surface area contributed by atoms with Crippen molar-refractivity contribution < 1.29 is 33.3 Å². The second kappa shape index (κ2) is 16.2. The van der Waals surface area contributed by atoms with Crippen molar-refractivity contribution >= 4 is 39.4 Å². The highest BCUT2D eigenvalue weighted by atomic mass is 35.5. The summed E-state index contributed by atoms with van der Waals surface area (Å²) in [4.78, 5) is 51.0. The van der Waals surface area contributed by atoms with E-state index in [0.29, 0.717) is 62.8 Å². The number of aryl methyl sites for hydroxylation is 1. The van der Waals surface area contributed by atoms with Gasteiger partial charge in [-0.1, -0.05) is 39.0 Å². The van der Waals surface area contributed by atoms with Crippen LogP contribution in [0.2, 0.25) is 5.02 Å². The minimum Gasteiger partial charge on any atom is -0.494 e. The first kappa shape index (κ1) is 44.1. The van der Waals surface area contributed by atoms with E-state index in [4.69, 9.17) is 26.1 Å². The average Bonchev–Trinajstić information content (AvgIpc) is 3.76. The number of likely N-dealkylation sites (tertiary alicyclic amines) is 1. The summed E-state index contributed by atoms with van der Waals surface area (Å²) in [7, 11) is 0. The highest BCUT2D eigenvalue weighted by Crippen LogP contribution is 2.43. The zero-order valence-corrected chi connectivity index (χ0v) is 38.1. The number of carbonyl (C=O) groups excluding carboxylic acids is 1. The van der Waals surface area contributed by atoms with Gasteiger partial charge in [-0.2, -0.15) is 0 Å². The molecule has 2 N–H and O–H groups in total. The van der Waals surface area contributed by atoms with Gasteiger partial charge >= 0.3 is 5.97 Å². The van der Waals surface area contributed by atoms with Gasteiger partial charge in [0.05, 0.1) is 75.8 Å². The standard InChI is InChI=1S/C30H34ClN3O3.C21H16F2N2O4/c1-5-30(36)13-19(4)37-16-23-24(30)11-27-28-22(15-34(27)29(23)35)21(14-33-8-6-17(2)7-9-33)20-10-18(3)25(31)12-26(20)32-28;1-2-21(28)7-18(26)29-9-12-13(21)5-17-19-11(8-25(17)20(12)27)3-10-4-14(22)15(23)6-16(10)24-19/h10-12,17,36H,4-9,13-16H2,1-3H3;3-6,28H,2,7-9H2,1H3/t30-;21-/m11/s1. The van der Waals surface area contributed by atoms with Crippen LogP contribution < -0.4 is 11.1 Å². The van der Waals surface area contributed by atoms with Gasteiger partial charge in [-0.3, -0.25) is 19.3 Å². The predicted octanol–water partition coefficient (Wildman–Crippen LogP) is 8.40. The lowest BCUT2D eigenvalue weighted by Gasteiger charge is -2.31. The van der Waals surface area contributed by atoms with Gasteiger partial charge in [0.1, 0.15) is 18.8 Å². The van der Waals surface area contributed by atoms with E-state index in [9.17, 15) is 33.4 Å². The molecule has 0 saturated carbocycles. The quantitative estimate of drug-likeness (QED) is 0.165. The summed E-state index contributed by atoms with van der Waals surface area (Å²) in [6.45, 7) is 15.5. The maximum Gasteiger partial charge on any atom is 0.309 e. The van der Waals surface area contributed by atoms with Crippen molar-refractivity contribution in [1.29, 1.82) is 0 Å². The lowest BCUT2D eigenvalue weighted by molar-refractivity contribution is -0.149. The molecule has 0 bridgehead atoms. The van der Waals surface area contributed by atoms with Crippen LogP contribution in [0, 0.1) is 24.5 Å². The minimum absolute atomic E-state index is 0.120. The zero-order chi connectivity index (χ0) is 46.6. The van der Waals surface area contributed by atoms with E-state index in [2.05, 4.69) is 29.5 Å². The molecule has 0 unspecified atom stereocenters. The van der Waals surface area contributed by atoms with Crippen molar-refractivity contribution in [3.63, 3.8) is 0 Å². The topological polar surface area (TPSA) is 149 Å². The molecule has 0 aliphatic carbocycles. The number of rotatable bonds is 4. The molecule has 6 aromatic rings. The van der Waals surface area contributed by atoms with Gasteiger partial charge in [0.25, 0.3) is 11.1 Å². The van der Waals surface area contributed by atoms with Gasteiger partial charge < -0.3 is 28.8 Å². The Bertz CT molecular complexity index is 3210. The lowest BCUT2D eigenvalue weighted by atomic mass is 9.85. The maximum atomic E-state index is 13.9. The number of piperidine rings is 1. The second-order valence-electron chi connectivity index (χ2n) is 18.7. The van der Waals surface area contributed by atoms with Crippen LogP contribution in [0.25, 0.3) is 44.6 Å². The number of carbonyl (C=O) groups is 1. The average molecular weight is 918 g/mol. The van der Waals surface area contributed by atoms with E-state index >= 15 is 0 Å². The summed E-state index contributed by atoms with van der Waals surface area (Å²) in [5, 5.41) is 24.9. The molecule has 4 aromatic heterocycles. The monoisotopic (exact) mass is 917 g/mol. The third-order valence-electron chi connectivity index (χ3n) is 14.5. The van der Waals surface area contributed by atoms with Crippen LogP contribution in [0.5, 0.6) is 0 Å². The maximum absolute atomic E-state index is 13.9. The SMILES string of the molecule is C=C1C[C@](O)(CC)c2cc3n(c(=O)c2CO1)Cc1c-3nc2cc(Cl)c(C)cc2c1CN1CCC(C)CC1.CC[C@@]1(O)CC(=O)OCc2c1cc1n(c2=O)Cc2cc3cc(F)c(F)cc3nc2-1. The van der Waals surface area contributed by atoms with Crippen LogP contribution in [-0.2, 0) is 58.3 Å². The van der Waals surface area contributed by atoms with Crippen LogP contribution in [0.3, 0.4) is 0 Å². The van der Waals surface area contributed by atoms with Crippen molar-refractivity contribution in [2.75, 3.05) is 13.1 Å². The van der Waals surface area contributed by atoms with Gasteiger partial charge in [0, 0.05) is 46.0 Å². The first-order chi connectivity index (χ1) is 31.5. The number of halogens is 3. The zero-order valence-electron chi connectivity index (χ0n) is 37.3. The number of aliphatic hydroxyl groups is 2. The Balaban J connectivity index is 0.000000160. The number of nitrogens with zero attached hydrogens (tertiary/aromatic N) is 5. The first-order valence-corrected chi connectivity index (χ1v) is 23.0. The molecule has 0 amide bonds. The molecule has 0 radical (unpaired) electrons. The highest BCUT2D eigenvalue weighted by Gasteiger charge is 2.41. The highest BCUT2D eigenvalue weighted by molar-refractivity contribution is 6.32. The Kier molecular flexibility index (Phi) is 10.8. The number of cyclic esters (lactones) is 1. The molecule has 342 valence electrons. The number of hydrogen-bond donors (Lipinski definition) is 2. The van der Waals surface area contributed by atoms with E-state index in [1.807, 2.05) is 26.0 Å². The van der Waals surface area contributed by atoms with Crippen LogP contribution in [0.1, 0.15) is 104 Å². The Hall–Kier alpha value is -5.80. The van der Waals surface area contributed by atoms with Gasteiger partial charge in [-0.05, 0) is 110 Å². The number of pyridine rings is 4. The molecule has 1 saturated heterocycles. The summed E-state index contributed by atoms with van der Waals surface area (Å²) >= 11 is 6.55. The molecular formula is C51H50ClF2N5O7. The molecule has 5 aliphatic rings. The third-order valence-corrected chi connectivity index (χ3v) is 14.9. The number of ether oxygens (including phenoxy) is 2. The first-order valence-electron chi connectivity index (χ1n) is 22.6. The molecule has 0 spiro atoms. The van der Waals surface area contributed by atoms with E-state index in [0.717, 1.165) is 71.1 Å². The Morgan fingerprint density at radius 1 is 0.788 bits per heavy atom. The van der Waals surface area contributed by atoms with Crippen LogP contribution in [0.4, 0.5) is 8.78 Å². The summed E-state index contributed by atoms with van der Waals surface area (Å²) in [6.07, 6.45) is 3.09. The van der Waals surface area contributed by atoms with Crippen molar-refractivity contribution in [2.24, 2.45) is 5.92 Å². The fourth-order valence-corrected chi connectivity index (χ4v) is 10.6. The summed E-state index contributed by atoms with van der Waals surface area (Å²) in [5.74, 6) is -1.28. The lowest BCUT2D eigenvalue weighted by Crippen LogP contribution is -2.33. The van der Waals surface area contributed by atoms with E-state index < -0.39 is 28.8 Å². The Labute approximate surface area is 384 Å². The van der Waals surface area contributed by atoms with E-state index in [1.54, 1.807) is 23.6 Å². The predicted molar refractivity (Wildman–Crippen MR) is 246 cm³/mol. The molecule has 1 fully saturated rings. The number of hydrogen-bond acceptors (Lipinski definition) is 10. The molecule has 66 heavy (non-hydrogen) atoms. The molecule has 2 aromatic carbocycles. The molecule has 2 atom stereocenters. The van der Waals surface area contributed by atoms with E-state index in [-0.39, 0.29) is 61.2 Å². The van der Waals surface area contributed by atoms with Crippen molar-refractivity contribution in [3.8, 4) is 22.8 Å². The number of benzene rings is 2. The molecular weight excluding hydrogens is 868 g/mol. The van der Waals surface area contributed by atoms with Gasteiger partial charge in [0.15, 0.2) is 11.6 Å². The molecule has 12 nitrogen and oxygen atoms in total. The fraction of sp³-hybridized carbons (Fsp3) is 0.392. The largest absolute Gasteiger partial charge is 0.494 e. The van der Waals surface area contributed by atoms with Crippen LogP contribution >= 0.6 is 11.6 Å². The number of esters is 1. The van der Waals surface area contributed by atoms with E-state index in [1.165, 1.54) is 23.0 Å². The summed E-state index contributed by atoms with van der Waals surface area (Å²) < 4.78 is 41.4.